The second kappa shape index (κ2) is 11.4. The highest BCUT2D eigenvalue weighted by Gasteiger charge is 2.31. The zero-order valence-corrected chi connectivity index (χ0v) is 23.6. The summed E-state index contributed by atoms with van der Waals surface area (Å²) in [6, 6.07) is 8.73. The molecule has 0 unspecified atom stereocenters. The van der Waals surface area contributed by atoms with E-state index in [0.29, 0.717) is 20.6 Å². The molecule has 1 atom stereocenters. The van der Waals surface area contributed by atoms with Crippen molar-refractivity contribution in [1.29, 1.82) is 0 Å². The number of aryl methyl sites for hydroxylation is 1. The van der Waals surface area contributed by atoms with Crippen LogP contribution in [0.1, 0.15) is 38.8 Å². The molecule has 0 aliphatic heterocycles. The van der Waals surface area contributed by atoms with Crippen LogP contribution in [0.3, 0.4) is 0 Å². The van der Waals surface area contributed by atoms with Crippen LogP contribution < -0.4 is 9.62 Å². The average Bonchev–Trinajstić information content (AvgIpc) is 2.72. The SMILES string of the molecule is Cc1ccc(N(CC(=O)N(Cc2ccc(Cl)c(Cl)c2)[C@@H](C)C(=O)NC(C)(C)C)S(C)(=O)=O)cc1Cl. The summed E-state index contributed by atoms with van der Waals surface area (Å²) in [4.78, 5) is 27.8. The summed E-state index contributed by atoms with van der Waals surface area (Å²) in [5.41, 5.74) is 1.12. The summed E-state index contributed by atoms with van der Waals surface area (Å²) in [5.74, 6) is -0.954. The maximum atomic E-state index is 13.5. The third-order valence-corrected chi connectivity index (χ3v) is 7.41. The fraction of sp³-hybridized carbons (Fsp3) is 0.417. The highest BCUT2D eigenvalue weighted by molar-refractivity contribution is 7.92. The van der Waals surface area contributed by atoms with Gasteiger partial charge in [0, 0.05) is 17.1 Å². The number of amides is 2. The predicted octanol–water partition coefficient (Wildman–Crippen LogP) is 5.05. The molecule has 0 aliphatic carbocycles. The van der Waals surface area contributed by atoms with Crippen LogP contribution in [-0.2, 0) is 26.2 Å². The fourth-order valence-corrected chi connectivity index (χ4v) is 4.58. The second-order valence-corrected chi connectivity index (χ2v) is 12.5. The quantitative estimate of drug-likeness (QED) is 0.488. The Balaban J connectivity index is 2.45. The van der Waals surface area contributed by atoms with Crippen molar-refractivity contribution in [2.45, 2.75) is 52.7 Å². The largest absolute Gasteiger partial charge is 0.350 e. The van der Waals surface area contributed by atoms with Gasteiger partial charge in [0.15, 0.2) is 0 Å². The first-order chi connectivity index (χ1) is 16.0. The Morgan fingerprint density at radius 2 is 1.63 bits per heavy atom. The smallest absolute Gasteiger partial charge is 0.244 e. The molecular weight excluding hydrogens is 533 g/mol. The molecule has 11 heteroatoms. The van der Waals surface area contributed by atoms with Crippen LogP contribution in [0, 0.1) is 6.92 Å². The Labute approximate surface area is 222 Å². The number of halogens is 3. The van der Waals surface area contributed by atoms with Crippen LogP contribution in [0.5, 0.6) is 0 Å². The molecule has 2 aromatic rings. The van der Waals surface area contributed by atoms with Crippen LogP contribution in [0.4, 0.5) is 5.69 Å². The van der Waals surface area contributed by atoms with Crippen LogP contribution in [-0.4, -0.2) is 49.5 Å². The Bertz CT molecular complexity index is 1210. The third-order valence-electron chi connectivity index (χ3n) is 5.13. The monoisotopic (exact) mass is 561 g/mol. The van der Waals surface area contributed by atoms with Gasteiger partial charge < -0.3 is 10.2 Å². The lowest BCUT2D eigenvalue weighted by Crippen LogP contribution is -2.54. The third kappa shape index (κ3) is 8.27. The minimum Gasteiger partial charge on any atom is -0.350 e. The summed E-state index contributed by atoms with van der Waals surface area (Å²) in [6.45, 7) is 8.35. The van der Waals surface area contributed by atoms with E-state index in [-0.39, 0.29) is 18.1 Å². The molecule has 2 amide bonds. The molecule has 0 bridgehead atoms. The molecule has 192 valence electrons. The number of carbonyl (C=O) groups excluding carboxylic acids is 2. The molecule has 0 radical (unpaired) electrons. The summed E-state index contributed by atoms with van der Waals surface area (Å²) in [7, 11) is -3.85. The zero-order chi connectivity index (χ0) is 26.7. The van der Waals surface area contributed by atoms with E-state index in [1.54, 1.807) is 44.2 Å². The van der Waals surface area contributed by atoms with Crippen molar-refractivity contribution < 1.29 is 18.0 Å². The van der Waals surface area contributed by atoms with E-state index in [1.807, 2.05) is 20.8 Å². The van der Waals surface area contributed by atoms with Gasteiger partial charge in [-0.1, -0.05) is 46.9 Å². The summed E-state index contributed by atoms with van der Waals surface area (Å²) in [6.07, 6.45) is 1.01. The van der Waals surface area contributed by atoms with Gasteiger partial charge in [0.05, 0.1) is 22.0 Å². The molecule has 35 heavy (non-hydrogen) atoms. The molecule has 0 heterocycles. The number of benzene rings is 2. The van der Waals surface area contributed by atoms with Crippen molar-refractivity contribution in [3.8, 4) is 0 Å². The molecular formula is C24H30Cl3N3O4S. The maximum absolute atomic E-state index is 13.5. The molecule has 1 N–H and O–H groups in total. The number of anilines is 1. The number of rotatable bonds is 8. The van der Waals surface area contributed by atoms with Crippen molar-refractivity contribution in [2.75, 3.05) is 17.1 Å². The van der Waals surface area contributed by atoms with Crippen LogP contribution >= 0.6 is 34.8 Å². The van der Waals surface area contributed by atoms with Crippen LogP contribution in [0.25, 0.3) is 0 Å². The molecule has 7 nitrogen and oxygen atoms in total. The highest BCUT2D eigenvalue weighted by Crippen LogP contribution is 2.26. The number of nitrogens with zero attached hydrogens (tertiary/aromatic N) is 2. The molecule has 2 aromatic carbocycles. The molecule has 0 aromatic heterocycles. The summed E-state index contributed by atoms with van der Waals surface area (Å²) < 4.78 is 26.2. The van der Waals surface area contributed by atoms with Crippen molar-refractivity contribution >= 4 is 62.3 Å². The highest BCUT2D eigenvalue weighted by atomic mass is 35.5. The molecule has 0 fully saturated rings. The van der Waals surface area contributed by atoms with E-state index in [0.717, 1.165) is 16.1 Å². The Hall–Kier alpha value is -2.00. The minimum absolute atomic E-state index is 0.0146. The maximum Gasteiger partial charge on any atom is 0.244 e. The van der Waals surface area contributed by atoms with Gasteiger partial charge in [-0.15, -0.1) is 0 Å². The Morgan fingerprint density at radius 1 is 1.00 bits per heavy atom. The van der Waals surface area contributed by atoms with Crippen molar-refractivity contribution in [1.82, 2.24) is 10.2 Å². The lowest BCUT2D eigenvalue weighted by Gasteiger charge is -2.33. The molecule has 2 rings (SSSR count). The summed E-state index contributed by atoms with van der Waals surface area (Å²) in [5, 5.41) is 3.88. The van der Waals surface area contributed by atoms with E-state index >= 15 is 0 Å². The van der Waals surface area contributed by atoms with E-state index < -0.39 is 34.1 Å². The first-order valence-corrected chi connectivity index (χ1v) is 13.8. The van der Waals surface area contributed by atoms with Gasteiger partial charge in [0.1, 0.15) is 12.6 Å². The normalized spacial score (nSPS) is 12.7. The average molecular weight is 563 g/mol. The topological polar surface area (TPSA) is 86.8 Å². The molecule has 0 saturated carbocycles. The fourth-order valence-electron chi connectivity index (χ4n) is 3.24. The van der Waals surface area contributed by atoms with Crippen molar-refractivity contribution in [3.05, 3.63) is 62.6 Å². The number of hydrogen-bond acceptors (Lipinski definition) is 4. The van der Waals surface area contributed by atoms with E-state index in [9.17, 15) is 18.0 Å². The summed E-state index contributed by atoms with van der Waals surface area (Å²) >= 11 is 18.4. The lowest BCUT2D eigenvalue weighted by molar-refractivity contribution is -0.140. The Kier molecular flexibility index (Phi) is 9.50. The van der Waals surface area contributed by atoms with Gasteiger partial charge >= 0.3 is 0 Å². The molecule has 0 saturated heterocycles. The van der Waals surface area contributed by atoms with Gasteiger partial charge in [-0.2, -0.15) is 0 Å². The first kappa shape index (κ1) is 29.2. The van der Waals surface area contributed by atoms with Gasteiger partial charge in [-0.25, -0.2) is 8.42 Å². The lowest BCUT2D eigenvalue weighted by atomic mass is 10.1. The van der Waals surface area contributed by atoms with Crippen molar-refractivity contribution in [2.24, 2.45) is 0 Å². The standard InChI is InChI=1S/C24H30Cl3N3O4S/c1-15-7-9-18(12-20(15)26)30(35(6,33)34)14-22(31)29(16(2)23(32)28-24(3,4)5)13-17-8-10-19(25)21(27)11-17/h7-12,16H,13-14H2,1-6H3,(H,28,32)/t16-/m0/s1. The van der Waals surface area contributed by atoms with E-state index in [4.69, 9.17) is 34.8 Å². The minimum atomic E-state index is -3.85. The second-order valence-electron chi connectivity index (χ2n) is 9.39. The van der Waals surface area contributed by atoms with Gasteiger partial charge in [0.25, 0.3) is 0 Å². The number of carbonyl (C=O) groups is 2. The van der Waals surface area contributed by atoms with E-state index in [2.05, 4.69) is 5.32 Å². The first-order valence-electron chi connectivity index (χ1n) is 10.8. The van der Waals surface area contributed by atoms with Gasteiger partial charge in [0.2, 0.25) is 21.8 Å². The zero-order valence-electron chi connectivity index (χ0n) is 20.5. The number of sulfonamides is 1. The Morgan fingerprint density at radius 3 is 2.14 bits per heavy atom. The molecule has 0 spiro atoms. The van der Waals surface area contributed by atoms with Gasteiger partial charge in [-0.3, -0.25) is 13.9 Å². The van der Waals surface area contributed by atoms with E-state index in [1.165, 1.54) is 11.0 Å². The molecule has 0 aliphatic rings. The van der Waals surface area contributed by atoms with Crippen molar-refractivity contribution in [3.63, 3.8) is 0 Å². The van der Waals surface area contributed by atoms with Crippen LogP contribution in [0.15, 0.2) is 36.4 Å². The number of nitrogens with one attached hydrogen (secondary N) is 1. The predicted molar refractivity (Wildman–Crippen MR) is 143 cm³/mol. The number of hydrogen-bond donors (Lipinski definition) is 1. The van der Waals surface area contributed by atoms with Crippen LogP contribution in [0.2, 0.25) is 15.1 Å². The van der Waals surface area contributed by atoms with Gasteiger partial charge in [-0.05, 0) is 70.0 Å².